The van der Waals surface area contributed by atoms with Crippen LogP contribution in [0.4, 0.5) is 4.39 Å². The van der Waals surface area contributed by atoms with Gasteiger partial charge in [-0.3, -0.25) is 0 Å². The summed E-state index contributed by atoms with van der Waals surface area (Å²) in [6, 6.07) is 5.18. The van der Waals surface area contributed by atoms with Crippen LogP contribution in [-0.2, 0) is 11.8 Å². The highest BCUT2D eigenvalue weighted by Gasteiger charge is 2.05. The van der Waals surface area contributed by atoms with Crippen LogP contribution in [0.1, 0.15) is 11.1 Å². The van der Waals surface area contributed by atoms with Crippen LogP contribution in [0.2, 0.25) is 0 Å². The van der Waals surface area contributed by atoms with Gasteiger partial charge in [0.25, 0.3) is 0 Å². The Labute approximate surface area is 88.4 Å². The van der Waals surface area contributed by atoms with E-state index in [0.29, 0.717) is 5.33 Å². The predicted octanol–water partition coefficient (Wildman–Crippen LogP) is 3.66. The zero-order chi connectivity index (χ0) is 8.97. The minimum absolute atomic E-state index is 0.105. The molecule has 0 aliphatic heterocycles. The molecule has 0 N–H and O–H groups in total. The topological polar surface area (TPSA) is 0 Å². The molecule has 0 heterocycles. The third kappa shape index (κ3) is 2.30. The average molecular weight is 296 g/mol. The van der Waals surface area contributed by atoms with Crippen LogP contribution in [0, 0.1) is 5.82 Å². The van der Waals surface area contributed by atoms with Crippen LogP contribution in [0.3, 0.4) is 0 Å². The molecule has 0 aliphatic rings. The van der Waals surface area contributed by atoms with E-state index >= 15 is 0 Å². The minimum Gasteiger partial charge on any atom is -0.207 e. The molecule has 66 valence electrons. The van der Waals surface area contributed by atoms with Gasteiger partial charge < -0.3 is 0 Å². The SMILES string of the molecule is Fc1cccc(CBr)c1CCBr. The van der Waals surface area contributed by atoms with Crippen molar-refractivity contribution >= 4 is 31.9 Å². The van der Waals surface area contributed by atoms with E-state index in [2.05, 4.69) is 31.9 Å². The van der Waals surface area contributed by atoms with Gasteiger partial charge in [0.15, 0.2) is 0 Å². The van der Waals surface area contributed by atoms with Crippen molar-refractivity contribution in [3.8, 4) is 0 Å². The van der Waals surface area contributed by atoms with E-state index in [0.717, 1.165) is 22.9 Å². The van der Waals surface area contributed by atoms with Crippen LogP contribution in [0.15, 0.2) is 18.2 Å². The Bertz CT molecular complexity index is 261. The number of alkyl halides is 2. The van der Waals surface area contributed by atoms with Gasteiger partial charge in [-0.05, 0) is 23.6 Å². The van der Waals surface area contributed by atoms with Crippen LogP contribution < -0.4 is 0 Å². The van der Waals surface area contributed by atoms with Gasteiger partial charge in [-0.2, -0.15) is 0 Å². The summed E-state index contributed by atoms with van der Waals surface area (Å²) in [4.78, 5) is 0. The monoisotopic (exact) mass is 294 g/mol. The van der Waals surface area contributed by atoms with E-state index in [1.54, 1.807) is 6.07 Å². The van der Waals surface area contributed by atoms with E-state index < -0.39 is 0 Å². The van der Waals surface area contributed by atoms with Crippen LogP contribution in [0.25, 0.3) is 0 Å². The zero-order valence-electron chi connectivity index (χ0n) is 6.49. The Morgan fingerprint density at radius 3 is 2.58 bits per heavy atom. The van der Waals surface area contributed by atoms with Crippen LogP contribution >= 0.6 is 31.9 Å². The van der Waals surface area contributed by atoms with Crippen molar-refractivity contribution in [2.24, 2.45) is 0 Å². The Balaban J connectivity index is 3.02. The summed E-state index contributed by atoms with van der Waals surface area (Å²) >= 11 is 6.63. The molecule has 0 nitrogen and oxygen atoms in total. The molecular weight excluding hydrogens is 287 g/mol. The smallest absolute Gasteiger partial charge is 0.126 e. The van der Waals surface area contributed by atoms with Crippen molar-refractivity contribution < 1.29 is 4.39 Å². The molecule has 3 heteroatoms. The molecule has 0 aromatic heterocycles. The summed E-state index contributed by atoms with van der Waals surface area (Å²) in [5.74, 6) is -0.105. The van der Waals surface area contributed by atoms with Crippen molar-refractivity contribution in [2.45, 2.75) is 11.8 Å². The summed E-state index contributed by atoms with van der Waals surface area (Å²) < 4.78 is 13.2. The summed E-state index contributed by atoms with van der Waals surface area (Å²) in [6.45, 7) is 0. The Hall–Kier alpha value is 0.110. The lowest BCUT2D eigenvalue weighted by Gasteiger charge is -2.05. The predicted molar refractivity (Wildman–Crippen MR) is 56.5 cm³/mol. The molecule has 0 spiro atoms. The number of benzene rings is 1. The first-order chi connectivity index (χ1) is 5.79. The largest absolute Gasteiger partial charge is 0.207 e. The highest BCUT2D eigenvalue weighted by molar-refractivity contribution is 9.09. The number of hydrogen-bond acceptors (Lipinski definition) is 0. The van der Waals surface area contributed by atoms with Crippen LogP contribution in [-0.4, -0.2) is 5.33 Å². The second-order valence-electron chi connectivity index (χ2n) is 2.45. The maximum absolute atomic E-state index is 13.2. The van der Waals surface area contributed by atoms with Crippen molar-refractivity contribution in [2.75, 3.05) is 5.33 Å². The molecule has 0 unspecified atom stereocenters. The fourth-order valence-electron chi connectivity index (χ4n) is 1.10. The molecule has 0 amide bonds. The van der Waals surface area contributed by atoms with Crippen molar-refractivity contribution in [1.29, 1.82) is 0 Å². The summed E-state index contributed by atoms with van der Waals surface area (Å²) in [5, 5.41) is 1.51. The van der Waals surface area contributed by atoms with Gasteiger partial charge >= 0.3 is 0 Å². The minimum atomic E-state index is -0.105. The molecule has 0 bridgehead atoms. The standard InChI is InChI=1S/C9H9Br2F/c10-5-4-8-7(6-11)2-1-3-9(8)12/h1-3H,4-6H2. The lowest BCUT2D eigenvalue weighted by molar-refractivity contribution is 0.611. The number of rotatable bonds is 3. The lowest BCUT2D eigenvalue weighted by Crippen LogP contribution is -1.96. The van der Waals surface area contributed by atoms with Gasteiger partial charge in [0, 0.05) is 10.7 Å². The molecule has 0 saturated heterocycles. The third-order valence-electron chi connectivity index (χ3n) is 1.70. The van der Waals surface area contributed by atoms with Gasteiger partial charge in [0.05, 0.1) is 0 Å². The van der Waals surface area contributed by atoms with E-state index in [-0.39, 0.29) is 5.82 Å². The highest BCUT2D eigenvalue weighted by atomic mass is 79.9. The first-order valence-electron chi connectivity index (χ1n) is 3.67. The maximum atomic E-state index is 13.2. The lowest BCUT2D eigenvalue weighted by atomic mass is 10.1. The second kappa shape index (κ2) is 4.97. The molecule has 0 fully saturated rings. The Kier molecular flexibility index (Phi) is 4.22. The molecule has 12 heavy (non-hydrogen) atoms. The summed E-state index contributed by atoms with van der Waals surface area (Å²) in [7, 11) is 0. The molecule has 1 aromatic carbocycles. The maximum Gasteiger partial charge on any atom is 0.126 e. The third-order valence-corrected chi connectivity index (χ3v) is 2.70. The number of halogens is 3. The van der Waals surface area contributed by atoms with E-state index in [4.69, 9.17) is 0 Å². The van der Waals surface area contributed by atoms with Gasteiger partial charge in [-0.1, -0.05) is 44.0 Å². The van der Waals surface area contributed by atoms with Crippen LogP contribution in [0.5, 0.6) is 0 Å². The molecule has 1 rings (SSSR count). The molecule has 0 radical (unpaired) electrons. The quantitative estimate of drug-likeness (QED) is 0.747. The normalized spacial score (nSPS) is 10.2. The van der Waals surface area contributed by atoms with Crippen molar-refractivity contribution in [1.82, 2.24) is 0 Å². The zero-order valence-corrected chi connectivity index (χ0v) is 9.66. The second-order valence-corrected chi connectivity index (χ2v) is 3.80. The van der Waals surface area contributed by atoms with E-state index in [1.807, 2.05) is 6.07 Å². The molecule has 0 aliphatic carbocycles. The Morgan fingerprint density at radius 1 is 1.25 bits per heavy atom. The van der Waals surface area contributed by atoms with Crippen molar-refractivity contribution in [3.05, 3.63) is 35.1 Å². The molecule has 0 saturated carbocycles. The van der Waals surface area contributed by atoms with E-state index in [1.165, 1.54) is 6.07 Å². The van der Waals surface area contributed by atoms with Crippen molar-refractivity contribution in [3.63, 3.8) is 0 Å². The van der Waals surface area contributed by atoms with Gasteiger partial charge in [0.2, 0.25) is 0 Å². The van der Waals surface area contributed by atoms with Gasteiger partial charge in [-0.15, -0.1) is 0 Å². The summed E-state index contributed by atoms with van der Waals surface area (Å²) in [5.41, 5.74) is 1.85. The Morgan fingerprint density at radius 2 is 2.00 bits per heavy atom. The molecule has 1 aromatic rings. The van der Waals surface area contributed by atoms with Gasteiger partial charge in [0.1, 0.15) is 5.82 Å². The fourth-order valence-corrected chi connectivity index (χ4v) is 2.02. The first-order valence-corrected chi connectivity index (χ1v) is 5.92. The number of hydrogen-bond donors (Lipinski definition) is 0. The first kappa shape index (κ1) is 10.2. The van der Waals surface area contributed by atoms with E-state index in [9.17, 15) is 4.39 Å². The fraction of sp³-hybridized carbons (Fsp3) is 0.333. The summed E-state index contributed by atoms with van der Waals surface area (Å²) in [6.07, 6.45) is 0.744. The van der Waals surface area contributed by atoms with Gasteiger partial charge in [-0.25, -0.2) is 4.39 Å². The molecular formula is C9H9Br2F. The average Bonchev–Trinajstić information content (AvgIpc) is 2.09. The highest BCUT2D eigenvalue weighted by Crippen LogP contribution is 2.17. The molecule has 0 atom stereocenters.